The van der Waals surface area contributed by atoms with Gasteiger partial charge in [-0.15, -0.1) is 0 Å². The molecule has 1 saturated carbocycles. The molecule has 0 atom stereocenters. The van der Waals surface area contributed by atoms with Crippen molar-refractivity contribution >= 4 is 0 Å². The van der Waals surface area contributed by atoms with Crippen LogP contribution in [0.1, 0.15) is 39.0 Å². The second-order valence-corrected chi connectivity index (χ2v) is 4.39. The van der Waals surface area contributed by atoms with Crippen molar-refractivity contribution in [1.82, 2.24) is 5.32 Å². The smallest absolute Gasteiger partial charge is 0.0555 e. The summed E-state index contributed by atoms with van der Waals surface area (Å²) in [5.74, 6) is 1.91. The maximum Gasteiger partial charge on any atom is 0.0555 e. The number of aliphatic hydroxyl groups excluding tert-OH is 1. The topological polar surface area (TPSA) is 32.3 Å². The van der Waals surface area contributed by atoms with Crippen LogP contribution in [0.2, 0.25) is 0 Å². The molecule has 2 N–H and O–H groups in total. The van der Waals surface area contributed by atoms with E-state index in [1.54, 1.807) is 0 Å². The molecular weight excluding hydrogens is 162 g/mol. The largest absolute Gasteiger partial charge is 0.395 e. The molecule has 1 aliphatic carbocycles. The van der Waals surface area contributed by atoms with Crippen LogP contribution < -0.4 is 5.32 Å². The Morgan fingerprint density at radius 1 is 1.15 bits per heavy atom. The third-order valence-corrected chi connectivity index (χ3v) is 3.15. The van der Waals surface area contributed by atoms with Gasteiger partial charge in [0, 0.05) is 6.54 Å². The second-order valence-electron chi connectivity index (χ2n) is 4.39. The first-order valence-electron chi connectivity index (χ1n) is 5.64. The molecule has 13 heavy (non-hydrogen) atoms. The van der Waals surface area contributed by atoms with Gasteiger partial charge in [0.1, 0.15) is 0 Å². The molecule has 0 aromatic carbocycles. The highest BCUT2D eigenvalue weighted by Gasteiger charge is 2.17. The normalized spacial score (nSPS) is 29.1. The van der Waals surface area contributed by atoms with Crippen molar-refractivity contribution in [3.05, 3.63) is 0 Å². The van der Waals surface area contributed by atoms with Crippen LogP contribution >= 0.6 is 0 Å². The highest BCUT2D eigenvalue weighted by molar-refractivity contribution is 4.70. The summed E-state index contributed by atoms with van der Waals surface area (Å²) in [6, 6.07) is 0. The van der Waals surface area contributed by atoms with E-state index in [-0.39, 0.29) is 6.61 Å². The van der Waals surface area contributed by atoms with Gasteiger partial charge >= 0.3 is 0 Å². The van der Waals surface area contributed by atoms with Gasteiger partial charge in [-0.25, -0.2) is 0 Å². The summed E-state index contributed by atoms with van der Waals surface area (Å²) in [5, 5.41) is 11.8. The minimum absolute atomic E-state index is 0.266. The number of nitrogens with one attached hydrogen (secondary N) is 1. The standard InChI is InChI=1S/C11H23NO/c1-10-2-4-11(5-3-10)6-7-12-8-9-13/h10-13H,2-9H2,1H3. The van der Waals surface area contributed by atoms with E-state index in [2.05, 4.69) is 12.2 Å². The third-order valence-electron chi connectivity index (χ3n) is 3.15. The number of hydrogen-bond acceptors (Lipinski definition) is 2. The molecule has 1 aliphatic rings. The van der Waals surface area contributed by atoms with Crippen LogP contribution in [0.25, 0.3) is 0 Å². The average molecular weight is 185 g/mol. The lowest BCUT2D eigenvalue weighted by molar-refractivity contribution is 0.265. The SMILES string of the molecule is CC1CCC(CCNCCO)CC1. The van der Waals surface area contributed by atoms with Crippen LogP contribution in [0, 0.1) is 11.8 Å². The van der Waals surface area contributed by atoms with Crippen molar-refractivity contribution in [2.45, 2.75) is 39.0 Å². The Bertz CT molecular complexity index is 119. The van der Waals surface area contributed by atoms with E-state index in [1.165, 1.54) is 32.1 Å². The Kier molecular flexibility index (Phi) is 5.40. The van der Waals surface area contributed by atoms with Crippen LogP contribution in [-0.2, 0) is 0 Å². The van der Waals surface area contributed by atoms with Gasteiger partial charge in [-0.3, -0.25) is 0 Å². The van der Waals surface area contributed by atoms with Crippen LogP contribution in [0.4, 0.5) is 0 Å². The van der Waals surface area contributed by atoms with Crippen molar-refractivity contribution in [3.63, 3.8) is 0 Å². The van der Waals surface area contributed by atoms with E-state index in [0.717, 1.165) is 24.9 Å². The molecule has 1 rings (SSSR count). The van der Waals surface area contributed by atoms with Crippen molar-refractivity contribution in [2.24, 2.45) is 11.8 Å². The maximum absolute atomic E-state index is 8.58. The molecule has 0 radical (unpaired) electrons. The summed E-state index contributed by atoms with van der Waals surface area (Å²) in [7, 11) is 0. The Morgan fingerprint density at radius 2 is 1.85 bits per heavy atom. The molecule has 0 aromatic heterocycles. The summed E-state index contributed by atoms with van der Waals surface area (Å²) in [4.78, 5) is 0. The van der Waals surface area contributed by atoms with Crippen LogP contribution in [-0.4, -0.2) is 24.8 Å². The minimum Gasteiger partial charge on any atom is -0.395 e. The van der Waals surface area contributed by atoms with Crippen LogP contribution in [0.5, 0.6) is 0 Å². The van der Waals surface area contributed by atoms with E-state index in [0.29, 0.717) is 0 Å². The zero-order chi connectivity index (χ0) is 9.52. The van der Waals surface area contributed by atoms with Gasteiger partial charge in [0.05, 0.1) is 6.61 Å². The predicted octanol–water partition coefficient (Wildman–Crippen LogP) is 1.78. The fraction of sp³-hybridized carbons (Fsp3) is 1.00. The summed E-state index contributed by atoms with van der Waals surface area (Å²) >= 11 is 0. The van der Waals surface area contributed by atoms with E-state index in [1.807, 2.05) is 0 Å². The van der Waals surface area contributed by atoms with Gasteiger partial charge in [-0.2, -0.15) is 0 Å². The fourth-order valence-electron chi connectivity index (χ4n) is 2.13. The summed E-state index contributed by atoms with van der Waals surface area (Å²) in [6.07, 6.45) is 6.98. The molecule has 0 spiro atoms. The van der Waals surface area contributed by atoms with Gasteiger partial charge in [0.2, 0.25) is 0 Å². The molecule has 2 nitrogen and oxygen atoms in total. The van der Waals surface area contributed by atoms with Crippen LogP contribution in [0.15, 0.2) is 0 Å². The molecule has 0 aliphatic heterocycles. The van der Waals surface area contributed by atoms with E-state index >= 15 is 0 Å². The van der Waals surface area contributed by atoms with Crippen molar-refractivity contribution in [3.8, 4) is 0 Å². The Morgan fingerprint density at radius 3 is 2.46 bits per heavy atom. The Labute approximate surface area is 81.7 Å². The maximum atomic E-state index is 8.58. The first-order valence-corrected chi connectivity index (χ1v) is 5.64. The zero-order valence-corrected chi connectivity index (χ0v) is 8.76. The van der Waals surface area contributed by atoms with Crippen molar-refractivity contribution < 1.29 is 5.11 Å². The number of aliphatic hydroxyl groups is 1. The molecule has 0 heterocycles. The molecule has 0 aromatic rings. The quantitative estimate of drug-likeness (QED) is 0.640. The van der Waals surface area contributed by atoms with Crippen molar-refractivity contribution in [1.29, 1.82) is 0 Å². The van der Waals surface area contributed by atoms with Gasteiger partial charge in [-0.1, -0.05) is 32.6 Å². The molecule has 0 amide bonds. The number of hydrogen-bond donors (Lipinski definition) is 2. The lowest BCUT2D eigenvalue weighted by Gasteiger charge is -2.26. The molecule has 0 unspecified atom stereocenters. The monoisotopic (exact) mass is 185 g/mol. The number of rotatable bonds is 5. The lowest BCUT2D eigenvalue weighted by atomic mass is 9.81. The fourth-order valence-corrected chi connectivity index (χ4v) is 2.13. The van der Waals surface area contributed by atoms with E-state index < -0.39 is 0 Å². The summed E-state index contributed by atoms with van der Waals surface area (Å²) < 4.78 is 0. The second kappa shape index (κ2) is 6.39. The predicted molar refractivity (Wildman–Crippen MR) is 55.7 cm³/mol. The van der Waals surface area contributed by atoms with E-state index in [4.69, 9.17) is 5.11 Å². The highest BCUT2D eigenvalue weighted by Crippen LogP contribution is 2.29. The molecule has 1 fully saturated rings. The van der Waals surface area contributed by atoms with E-state index in [9.17, 15) is 0 Å². The Hall–Kier alpha value is -0.0800. The summed E-state index contributed by atoms with van der Waals surface area (Å²) in [5.41, 5.74) is 0. The van der Waals surface area contributed by atoms with Gasteiger partial charge < -0.3 is 10.4 Å². The zero-order valence-electron chi connectivity index (χ0n) is 8.76. The van der Waals surface area contributed by atoms with Gasteiger partial charge in [-0.05, 0) is 24.8 Å². The minimum atomic E-state index is 0.266. The van der Waals surface area contributed by atoms with Gasteiger partial charge in [0.25, 0.3) is 0 Å². The van der Waals surface area contributed by atoms with Crippen LogP contribution in [0.3, 0.4) is 0 Å². The molecule has 0 bridgehead atoms. The molecular formula is C11H23NO. The first kappa shape index (κ1) is 11.0. The average Bonchev–Trinajstić information content (AvgIpc) is 2.15. The molecule has 2 heteroatoms. The lowest BCUT2D eigenvalue weighted by Crippen LogP contribution is -2.23. The first-order chi connectivity index (χ1) is 6.33. The molecule has 78 valence electrons. The van der Waals surface area contributed by atoms with Crippen molar-refractivity contribution in [2.75, 3.05) is 19.7 Å². The van der Waals surface area contributed by atoms with Gasteiger partial charge in [0.15, 0.2) is 0 Å². The Balaban J connectivity index is 1.96. The highest BCUT2D eigenvalue weighted by atomic mass is 16.3. The summed E-state index contributed by atoms with van der Waals surface area (Å²) in [6.45, 7) is 4.46. The third kappa shape index (κ3) is 4.63. The molecule has 0 saturated heterocycles.